The second kappa shape index (κ2) is 8.91. The summed E-state index contributed by atoms with van der Waals surface area (Å²) in [7, 11) is 1.79. The molecule has 4 aromatic heterocycles. The smallest absolute Gasteiger partial charge is 0.257 e. The third-order valence-electron chi connectivity index (χ3n) is 4.97. The predicted octanol–water partition coefficient (Wildman–Crippen LogP) is 3.76. The molecule has 4 aromatic rings. The SMILES string of the molecule is CC(C)c1c(C(=O)N(C)CCc2ccccn2)cnn1-c1nccc(-c2ccco2)n1. The Balaban J connectivity index is 1.60. The van der Waals surface area contributed by atoms with Crippen LogP contribution in [-0.4, -0.2) is 49.1 Å². The Morgan fingerprint density at radius 1 is 1.13 bits per heavy atom. The molecule has 1 amide bonds. The van der Waals surface area contributed by atoms with E-state index in [0.717, 1.165) is 11.4 Å². The highest BCUT2D eigenvalue weighted by Gasteiger charge is 2.24. The lowest BCUT2D eigenvalue weighted by atomic mass is 10.0. The van der Waals surface area contributed by atoms with Gasteiger partial charge in [-0.1, -0.05) is 19.9 Å². The summed E-state index contributed by atoms with van der Waals surface area (Å²) in [4.78, 5) is 28.2. The third-order valence-corrected chi connectivity index (χ3v) is 4.97. The molecular formula is C23H24N6O2. The minimum Gasteiger partial charge on any atom is -0.463 e. The molecule has 0 atom stereocenters. The van der Waals surface area contributed by atoms with E-state index < -0.39 is 0 Å². The molecule has 0 N–H and O–H groups in total. The summed E-state index contributed by atoms with van der Waals surface area (Å²) in [6.07, 6.45) is 7.30. The van der Waals surface area contributed by atoms with Crippen LogP contribution in [0.3, 0.4) is 0 Å². The Labute approximate surface area is 180 Å². The number of likely N-dealkylation sites (N-methyl/N-ethyl adjacent to an activating group) is 1. The van der Waals surface area contributed by atoms with E-state index in [0.29, 0.717) is 35.9 Å². The normalized spacial score (nSPS) is 11.1. The van der Waals surface area contributed by atoms with Gasteiger partial charge in [0.05, 0.1) is 23.7 Å². The van der Waals surface area contributed by atoms with Crippen molar-refractivity contribution in [3.05, 3.63) is 78.2 Å². The molecule has 0 spiro atoms. The lowest BCUT2D eigenvalue weighted by Gasteiger charge is -2.18. The van der Waals surface area contributed by atoms with Crippen molar-refractivity contribution in [2.45, 2.75) is 26.2 Å². The van der Waals surface area contributed by atoms with Crippen LogP contribution in [0.15, 0.2) is 65.7 Å². The summed E-state index contributed by atoms with van der Waals surface area (Å²) < 4.78 is 7.08. The van der Waals surface area contributed by atoms with E-state index >= 15 is 0 Å². The minimum atomic E-state index is -0.0897. The molecule has 0 saturated carbocycles. The molecule has 8 nitrogen and oxygen atoms in total. The molecule has 8 heteroatoms. The first-order chi connectivity index (χ1) is 15.0. The fourth-order valence-corrected chi connectivity index (χ4v) is 3.39. The molecule has 31 heavy (non-hydrogen) atoms. The van der Waals surface area contributed by atoms with Gasteiger partial charge in [0.25, 0.3) is 11.9 Å². The summed E-state index contributed by atoms with van der Waals surface area (Å²) in [5, 5.41) is 4.45. The van der Waals surface area contributed by atoms with Gasteiger partial charge in [0, 0.05) is 38.1 Å². The lowest BCUT2D eigenvalue weighted by Crippen LogP contribution is -2.30. The monoisotopic (exact) mass is 416 g/mol. The highest BCUT2D eigenvalue weighted by molar-refractivity contribution is 5.95. The van der Waals surface area contributed by atoms with Crippen LogP contribution in [0.1, 0.15) is 41.5 Å². The molecule has 0 aliphatic carbocycles. The Bertz CT molecular complexity index is 1150. The van der Waals surface area contributed by atoms with Crippen molar-refractivity contribution in [1.82, 2.24) is 29.6 Å². The van der Waals surface area contributed by atoms with Gasteiger partial charge in [-0.05, 0) is 36.2 Å². The van der Waals surface area contributed by atoms with E-state index in [1.165, 1.54) is 0 Å². The van der Waals surface area contributed by atoms with E-state index in [1.807, 2.05) is 44.2 Å². The molecule has 0 unspecified atom stereocenters. The summed E-state index contributed by atoms with van der Waals surface area (Å²) in [6.45, 7) is 4.60. The van der Waals surface area contributed by atoms with Gasteiger partial charge in [-0.3, -0.25) is 9.78 Å². The number of nitrogens with zero attached hydrogens (tertiary/aromatic N) is 6. The molecule has 0 saturated heterocycles. The topological polar surface area (TPSA) is 89.9 Å². The van der Waals surface area contributed by atoms with E-state index in [-0.39, 0.29) is 11.8 Å². The van der Waals surface area contributed by atoms with E-state index in [2.05, 4.69) is 20.1 Å². The van der Waals surface area contributed by atoms with Crippen LogP contribution in [0.25, 0.3) is 17.4 Å². The zero-order chi connectivity index (χ0) is 21.8. The third kappa shape index (κ3) is 4.37. The van der Waals surface area contributed by atoms with Crippen molar-refractivity contribution in [3.63, 3.8) is 0 Å². The van der Waals surface area contributed by atoms with Crippen molar-refractivity contribution in [3.8, 4) is 17.4 Å². The number of carbonyl (C=O) groups is 1. The largest absolute Gasteiger partial charge is 0.463 e. The maximum Gasteiger partial charge on any atom is 0.257 e. The van der Waals surface area contributed by atoms with Gasteiger partial charge in [0.15, 0.2) is 5.76 Å². The van der Waals surface area contributed by atoms with Gasteiger partial charge in [-0.25, -0.2) is 14.6 Å². The predicted molar refractivity (Wildman–Crippen MR) is 116 cm³/mol. The standard InChI is InChI=1S/C23H24N6O2/c1-16(2)21-18(22(30)28(3)13-10-17-7-4-5-11-24-17)15-26-29(21)23-25-12-9-19(27-23)20-8-6-14-31-20/h4-9,11-12,14-16H,10,13H2,1-3H3. The van der Waals surface area contributed by atoms with Crippen LogP contribution in [0.5, 0.6) is 0 Å². The van der Waals surface area contributed by atoms with Crippen molar-refractivity contribution in [2.75, 3.05) is 13.6 Å². The summed E-state index contributed by atoms with van der Waals surface area (Å²) in [5.41, 5.74) is 2.92. The maximum absolute atomic E-state index is 13.2. The molecule has 0 radical (unpaired) electrons. The minimum absolute atomic E-state index is 0.0431. The van der Waals surface area contributed by atoms with Crippen molar-refractivity contribution < 1.29 is 9.21 Å². The van der Waals surface area contributed by atoms with Crippen molar-refractivity contribution in [1.29, 1.82) is 0 Å². The van der Waals surface area contributed by atoms with E-state index in [4.69, 9.17) is 4.42 Å². The van der Waals surface area contributed by atoms with Crippen LogP contribution in [0, 0.1) is 0 Å². The number of rotatable bonds is 7. The Morgan fingerprint density at radius 2 is 2.00 bits per heavy atom. The second-order valence-electron chi connectivity index (χ2n) is 7.53. The average molecular weight is 416 g/mol. The van der Waals surface area contributed by atoms with Crippen LogP contribution in [0.4, 0.5) is 0 Å². The lowest BCUT2D eigenvalue weighted by molar-refractivity contribution is 0.0795. The Morgan fingerprint density at radius 3 is 2.71 bits per heavy atom. The maximum atomic E-state index is 13.2. The highest BCUT2D eigenvalue weighted by atomic mass is 16.3. The molecule has 0 aliphatic heterocycles. The number of pyridine rings is 1. The molecule has 158 valence electrons. The molecule has 0 fully saturated rings. The van der Waals surface area contributed by atoms with Crippen LogP contribution in [-0.2, 0) is 6.42 Å². The zero-order valence-electron chi connectivity index (χ0n) is 17.8. The highest BCUT2D eigenvalue weighted by Crippen LogP contribution is 2.24. The van der Waals surface area contributed by atoms with Crippen molar-refractivity contribution in [2.24, 2.45) is 0 Å². The van der Waals surface area contributed by atoms with Crippen LogP contribution < -0.4 is 0 Å². The van der Waals surface area contributed by atoms with Gasteiger partial charge in [-0.15, -0.1) is 0 Å². The number of furan rings is 1. The first-order valence-electron chi connectivity index (χ1n) is 10.1. The number of hydrogen-bond donors (Lipinski definition) is 0. The molecule has 0 aromatic carbocycles. The van der Waals surface area contributed by atoms with Gasteiger partial charge >= 0.3 is 0 Å². The fourth-order valence-electron chi connectivity index (χ4n) is 3.39. The zero-order valence-corrected chi connectivity index (χ0v) is 17.8. The first kappa shape index (κ1) is 20.5. The van der Waals surface area contributed by atoms with Crippen LogP contribution in [0.2, 0.25) is 0 Å². The quantitative estimate of drug-likeness (QED) is 0.456. The summed E-state index contributed by atoms with van der Waals surface area (Å²) in [6, 6.07) is 11.2. The number of carbonyl (C=O) groups excluding carboxylic acids is 1. The fraction of sp³-hybridized carbons (Fsp3) is 0.261. The van der Waals surface area contributed by atoms with Crippen molar-refractivity contribution >= 4 is 5.91 Å². The number of amides is 1. The van der Waals surface area contributed by atoms with E-state index in [9.17, 15) is 4.79 Å². The molecular weight excluding hydrogens is 392 g/mol. The first-order valence-corrected chi connectivity index (χ1v) is 10.1. The number of aromatic nitrogens is 5. The molecule has 0 bridgehead atoms. The Hall–Kier alpha value is -3.81. The van der Waals surface area contributed by atoms with Gasteiger partial charge in [0.2, 0.25) is 0 Å². The van der Waals surface area contributed by atoms with E-state index in [1.54, 1.807) is 47.5 Å². The number of hydrogen-bond acceptors (Lipinski definition) is 6. The van der Waals surface area contributed by atoms with Crippen LogP contribution >= 0.6 is 0 Å². The summed E-state index contributed by atoms with van der Waals surface area (Å²) >= 11 is 0. The van der Waals surface area contributed by atoms with Gasteiger partial charge in [0.1, 0.15) is 5.69 Å². The molecule has 4 rings (SSSR count). The molecule has 4 heterocycles. The van der Waals surface area contributed by atoms with Gasteiger partial charge < -0.3 is 9.32 Å². The Kier molecular flexibility index (Phi) is 5.88. The summed E-state index contributed by atoms with van der Waals surface area (Å²) in [5.74, 6) is 0.995. The molecule has 0 aliphatic rings. The second-order valence-corrected chi connectivity index (χ2v) is 7.53. The van der Waals surface area contributed by atoms with Gasteiger partial charge in [-0.2, -0.15) is 5.10 Å². The average Bonchev–Trinajstić information content (AvgIpc) is 3.48.